The van der Waals surface area contributed by atoms with Crippen LogP contribution in [0, 0.1) is 0 Å². The summed E-state index contributed by atoms with van der Waals surface area (Å²) >= 11 is 0. The van der Waals surface area contributed by atoms with Crippen LogP contribution in [0.15, 0.2) is 9.52 Å². The Balaban J connectivity index is 1.51. The maximum atomic E-state index is 12.0. The molecule has 1 aliphatic carbocycles. The Kier molecular flexibility index (Phi) is 6.53. The van der Waals surface area contributed by atoms with Crippen LogP contribution in [0.5, 0.6) is 0 Å². The van der Waals surface area contributed by atoms with Crippen molar-refractivity contribution in [3.05, 3.63) is 11.7 Å². The molecule has 0 radical (unpaired) electrons. The molecule has 28 heavy (non-hydrogen) atoms. The van der Waals surface area contributed by atoms with Gasteiger partial charge in [0.1, 0.15) is 6.54 Å². The molecule has 9 nitrogen and oxygen atoms in total. The van der Waals surface area contributed by atoms with Crippen molar-refractivity contribution >= 4 is 11.9 Å². The normalized spacial score (nSPS) is 19.0. The van der Waals surface area contributed by atoms with Crippen molar-refractivity contribution in [2.75, 3.05) is 39.3 Å². The van der Waals surface area contributed by atoms with Gasteiger partial charge in [-0.2, -0.15) is 4.98 Å². The Bertz CT molecular complexity index is 683. The van der Waals surface area contributed by atoms with E-state index in [1.54, 1.807) is 0 Å². The van der Waals surface area contributed by atoms with Crippen molar-refractivity contribution in [3.8, 4) is 0 Å². The van der Waals surface area contributed by atoms with E-state index in [0.29, 0.717) is 30.8 Å². The summed E-state index contributed by atoms with van der Waals surface area (Å²) in [6.07, 6.45) is 2.25. The van der Waals surface area contributed by atoms with Crippen LogP contribution in [0.3, 0.4) is 0 Å². The molecule has 0 unspecified atom stereocenters. The fraction of sp³-hybridized carbons (Fsp3) is 0.789. The Hall–Kier alpha value is -2.16. The topological polar surface area (TPSA) is 98.9 Å². The molecule has 2 N–H and O–H groups in total. The van der Waals surface area contributed by atoms with Crippen LogP contribution >= 0.6 is 0 Å². The SMILES string of the molecule is CCNC(=NCc1noc(C(C)(C)C)n1)N1CCN(CC(=O)NC2CC2)CC1. The van der Waals surface area contributed by atoms with E-state index in [9.17, 15) is 4.79 Å². The second-order valence-electron chi connectivity index (χ2n) is 8.54. The average molecular weight is 392 g/mol. The second kappa shape index (κ2) is 8.89. The highest BCUT2D eigenvalue weighted by Gasteiger charge is 2.26. The minimum atomic E-state index is -0.165. The van der Waals surface area contributed by atoms with Gasteiger partial charge in [-0.1, -0.05) is 25.9 Å². The summed E-state index contributed by atoms with van der Waals surface area (Å²) in [5.74, 6) is 2.21. The van der Waals surface area contributed by atoms with Gasteiger partial charge in [0.15, 0.2) is 11.8 Å². The van der Waals surface area contributed by atoms with Crippen LogP contribution in [0.4, 0.5) is 0 Å². The Labute approximate surface area is 166 Å². The van der Waals surface area contributed by atoms with Gasteiger partial charge in [-0.05, 0) is 19.8 Å². The highest BCUT2D eigenvalue weighted by molar-refractivity contribution is 5.80. The molecule has 1 saturated carbocycles. The number of piperazine rings is 1. The van der Waals surface area contributed by atoms with Crippen molar-refractivity contribution in [1.29, 1.82) is 0 Å². The molecule has 2 heterocycles. The first kappa shape index (κ1) is 20.6. The Morgan fingerprint density at radius 3 is 2.54 bits per heavy atom. The van der Waals surface area contributed by atoms with Gasteiger partial charge in [-0.25, -0.2) is 4.99 Å². The van der Waals surface area contributed by atoms with Crippen molar-refractivity contribution in [2.45, 2.75) is 58.5 Å². The Morgan fingerprint density at radius 2 is 1.96 bits per heavy atom. The lowest BCUT2D eigenvalue weighted by molar-refractivity contribution is -0.122. The van der Waals surface area contributed by atoms with Gasteiger partial charge in [0.25, 0.3) is 0 Å². The van der Waals surface area contributed by atoms with Crippen LogP contribution in [0.1, 0.15) is 52.3 Å². The summed E-state index contributed by atoms with van der Waals surface area (Å²) in [7, 11) is 0. The van der Waals surface area contributed by atoms with Crippen molar-refractivity contribution in [1.82, 2.24) is 30.6 Å². The number of nitrogens with one attached hydrogen (secondary N) is 2. The highest BCUT2D eigenvalue weighted by Crippen LogP contribution is 2.20. The van der Waals surface area contributed by atoms with E-state index in [-0.39, 0.29) is 11.3 Å². The summed E-state index contributed by atoms with van der Waals surface area (Å²) < 4.78 is 5.34. The quantitative estimate of drug-likeness (QED) is 0.545. The van der Waals surface area contributed by atoms with Crippen molar-refractivity contribution < 1.29 is 9.32 Å². The average Bonchev–Trinajstić information content (AvgIpc) is 3.31. The van der Waals surface area contributed by atoms with Gasteiger partial charge in [0.2, 0.25) is 11.8 Å². The summed E-state index contributed by atoms with van der Waals surface area (Å²) in [6.45, 7) is 13.2. The number of hydrogen-bond donors (Lipinski definition) is 2. The van der Waals surface area contributed by atoms with Gasteiger partial charge in [0.05, 0.1) is 6.54 Å². The minimum Gasteiger partial charge on any atom is -0.357 e. The molecular formula is C19H33N7O2. The van der Waals surface area contributed by atoms with Crippen LogP contribution in [-0.4, -0.2) is 77.1 Å². The first-order valence-corrected chi connectivity index (χ1v) is 10.2. The monoisotopic (exact) mass is 391 g/mol. The number of aromatic nitrogens is 2. The third-order valence-electron chi connectivity index (χ3n) is 4.80. The van der Waals surface area contributed by atoms with Crippen molar-refractivity contribution in [3.63, 3.8) is 0 Å². The largest absolute Gasteiger partial charge is 0.357 e. The predicted octanol–water partition coefficient (Wildman–Crippen LogP) is 0.729. The molecule has 156 valence electrons. The highest BCUT2D eigenvalue weighted by atomic mass is 16.5. The molecule has 0 spiro atoms. The number of aliphatic imine (C=N–C) groups is 1. The van der Waals surface area contributed by atoms with Crippen LogP contribution in [0.2, 0.25) is 0 Å². The molecule has 1 saturated heterocycles. The fourth-order valence-corrected chi connectivity index (χ4v) is 3.02. The van der Waals surface area contributed by atoms with E-state index in [4.69, 9.17) is 4.52 Å². The zero-order valence-corrected chi connectivity index (χ0v) is 17.5. The maximum absolute atomic E-state index is 12.0. The summed E-state index contributed by atoms with van der Waals surface area (Å²) in [5, 5.41) is 10.4. The van der Waals surface area contributed by atoms with Gasteiger partial charge in [-0.15, -0.1) is 0 Å². The number of guanidine groups is 1. The first-order valence-electron chi connectivity index (χ1n) is 10.2. The standard InChI is InChI=1S/C19H33N7O2/c1-5-20-18(21-12-15-23-17(28-24-15)19(2,3)4)26-10-8-25(9-11-26)13-16(27)22-14-6-7-14/h14H,5-13H2,1-4H3,(H,20,21)(H,22,27). The molecule has 2 aliphatic rings. The van der Waals surface area contributed by atoms with E-state index < -0.39 is 0 Å². The molecule has 1 aromatic rings. The molecule has 0 aromatic carbocycles. The van der Waals surface area contributed by atoms with E-state index in [1.807, 2.05) is 20.8 Å². The molecule has 1 aromatic heterocycles. The van der Waals surface area contributed by atoms with E-state index >= 15 is 0 Å². The molecule has 0 bridgehead atoms. The number of hydrogen-bond acceptors (Lipinski definition) is 6. The lowest BCUT2D eigenvalue weighted by Gasteiger charge is -2.36. The molecule has 2 fully saturated rings. The van der Waals surface area contributed by atoms with Gasteiger partial charge >= 0.3 is 0 Å². The maximum Gasteiger partial charge on any atom is 0.234 e. The summed E-state index contributed by atoms with van der Waals surface area (Å²) in [5.41, 5.74) is -0.165. The number of carbonyl (C=O) groups excluding carboxylic acids is 1. The summed E-state index contributed by atoms with van der Waals surface area (Å²) in [4.78, 5) is 25.5. The van der Waals surface area contributed by atoms with Gasteiger partial charge < -0.3 is 20.1 Å². The fourth-order valence-electron chi connectivity index (χ4n) is 3.02. The molecule has 1 amide bonds. The number of amides is 1. The second-order valence-corrected chi connectivity index (χ2v) is 8.54. The lowest BCUT2D eigenvalue weighted by Crippen LogP contribution is -2.54. The first-order chi connectivity index (χ1) is 13.3. The number of nitrogens with zero attached hydrogens (tertiary/aromatic N) is 5. The van der Waals surface area contributed by atoms with Crippen LogP contribution < -0.4 is 10.6 Å². The van der Waals surface area contributed by atoms with E-state index in [1.165, 1.54) is 0 Å². The zero-order valence-electron chi connectivity index (χ0n) is 17.5. The molecule has 9 heteroatoms. The molecular weight excluding hydrogens is 358 g/mol. The zero-order chi connectivity index (χ0) is 20.1. The van der Waals surface area contributed by atoms with E-state index in [2.05, 4.69) is 42.5 Å². The third kappa shape index (κ3) is 5.92. The minimum absolute atomic E-state index is 0.142. The third-order valence-corrected chi connectivity index (χ3v) is 4.80. The Morgan fingerprint density at radius 1 is 1.25 bits per heavy atom. The number of carbonyl (C=O) groups is 1. The molecule has 1 aliphatic heterocycles. The van der Waals surface area contributed by atoms with Crippen LogP contribution in [-0.2, 0) is 16.8 Å². The van der Waals surface area contributed by atoms with Crippen molar-refractivity contribution in [2.24, 2.45) is 4.99 Å². The molecule has 0 atom stereocenters. The number of rotatable bonds is 6. The lowest BCUT2D eigenvalue weighted by atomic mass is 9.97. The van der Waals surface area contributed by atoms with Crippen LogP contribution in [0.25, 0.3) is 0 Å². The van der Waals surface area contributed by atoms with Gasteiger partial charge in [-0.3, -0.25) is 9.69 Å². The molecule has 3 rings (SSSR count). The van der Waals surface area contributed by atoms with E-state index in [0.717, 1.165) is 51.5 Å². The summed E-state index contributed by atoms with van der Waals surface area (Å²) in [6, 6.07) is 0.421. The smallest absolute Gasteiger partial charge is 0.234 e. The predicted molar refractivity (Wildman–Crippen MR) is 107 cm³/mol. The van der Waals surface area contributed by atoms with Gasteiger partial charge in [0, 0.05) is 44.2 Å².